The molecule has 1 aliphatic carbocycles. The van der Waals surface area contributed by atoms with E-state index in [9.17, 15) is 19.5 Å². The van der Waals surface area contributed by atoms with Crippen molar-refractivity contribution in [1.29, 1.82) is 0 Å². The first-order valence-corrected chi connectivity index (χ1v) is 10.5. The minimum absolute atomic E-state index is 0.0822. The second-order valence-electron chi connectivity index (χ2n) is 7.94. The minimum atomic E-state index is -1.75. The maximum atomic E-state index is 12.8. The lowest BCUT2D eigenvalue weighted by molar-refractivity contribution is -0.172. The number of carboxylic acids is 1. The lowest BCUT2D eigenvalue weighted by atomic mass is 9.80. The molecule has 2 aromatic rings. The summed E-state index contributed by atoms with van der Waals surface area (Å²) in [6.45, 7) is 1.93. The standard InChI is InChI=1S/C24H25NO6/c1-2-30-22(28)24(21(26)27)12-7-13-25(15-24)23(29)31-14-20-18-10-5-3-8-16(18)17-9-4-6-11-19(17)20/h3-6,8-11,20H,2,7,12-15H2,1H3,(H,26,27). The smallest absolute Gasteiger partial charge is 0.409 e. The van der Waals surface area contributed by atoms with Crippen LogP contribution in [-0.4, -0.2) is 54.3 Å². The van der Waals surface area contributed by atoms with E-state index < -0.39 is 23.4 Å². The van der Waals surface area contributed by atoms with Crippen LogP contribution in [0.3, 0.4) is 0 Å². The summed E-state index contributed by atoms with van der Waals surface area (Å²) in [6.07, 6.45) is -0.0969. The molecule has 1 N–H and O–H groups in total. The molecule has 1 aliphatic heterocycles. The predicted octanol–water partition coefficient (Wildman–Crippen LogP) is 3.67. The van der Waals surface area contributed by atoms with Crippen LogP contribution in [0.4, 0.5) is 4.79 Å². The summed E-state index contributed by atoms with van der Waals surface area (Å²) in [7, 11) is 0. The molecule has 1 fully saturated rings. The van der Waals surface area contributed by atoms with Gasteiger partial charge < -0.3 is 19.5 Å². The highest BCUT2D eigenvalue weighted by molar-refractivity contribution is 6.00. The summed E-state index contributed by atoms with van der Waals surface area (Å²) in [5, 5.41) is 9.73. The number of benzene rings is 2. The van der Waals surface area contributed by atoms with Crippen molar-refractivity contribution in [3.63, 3.8) is 0 Å². The van der Waals surface area contributed by atoms with E-state index >= 15 is 0 Å². The van der Waals surface area contributed by atoms with Crippen molar-refractivity contribution < 1.29 is 29.0 Å². The van der Waals surface area contributed by atoms with Crippen LogP contribution in [-0.2, 0) is 19.1 Å². The van der Waals surface area contributed by atoms with Gasteiger partial charge in [-0.2, -0.15) is 0 Å². The number of carboxylic acid groups (broad SMARTS) is 1. The Morgan fingerprint density at radius 2 is 1.65 bits per heavy atom. The Hall–Kier alpha value is -3.35. The average Bonchev–Trinajstić information content (AvgIpc) is 3.11. The van der Waals surface area contributed by atoms with Crippen molar-refractivity contribution in [3.05, 3.63) is 59.7 Å². The van der Waals surface area contributed by atoms with Crippen molar-refractivity contribution in [2.75, 3.05) is 26.3 Å². The van der Waals surface area contributed by atoms with E-state index in [-0.39, 0.29) is 32.1 Å². The SMILES string of the molecule is CCOC(=O)C1(C(=O)O)CCCN(C(=O)OCC2c3ccccc3-c3ccccc32)C1. The number of piperidine rings is 1. The van der Waals surface area contributed by atoms with E-state index in [4.69, 9.17) is 9.47 Å². The first kappa shape index (κ1) is 20.9. The van der Waals surface area contributed by atoms with Crippen LogP contribution in [0.2, 0.25) is 0 Å². The highest BCUT2D eigenvalue weighted by Crippen LogP contribution is 2.44. The summed E-state index contributed by atoms with van der Waals surface area (Å²) >= 11 is 0. The fourth-order valence-electron chi connectivity index (χ4n) is 4.59. The topological polar surface area (TPSA) is 93.1 Å². The van der Waals surface area contributed by atoms with Crippen molar-refractivity contribution in [1.82, 2.24) is 4.90 Å². The molecular formula is C24H25NO6. The number of hydrogen-bond acceptors (Lipinski definition) is 5. The largest absolute Gasteiger partial charge is 0.480 e. The zero-order valence-electron chi connectivity index (χ0n) is 17.4. The molecule has 31 heavy (non-hydrogen) atoms. The van der Waals surface area contributed by atoms with E-state index in [1.807, 2.05) is 36.4 Å². The number of hydrogen-bond donors (Lipinski definition) is 1. The summed E-state index contributed by atoms with van der Waals surface area (Å²) in [5.74, 6) is -2.17. The molecule has 0 bridgehead atoms. The third-order valence-corrected chi connectivity index (χ3v) is 6.16. The number of likely N-dealkylation sites (tertiary alicyclic amines) is 1. The highest BCUT2D eigenvalue weighted by Gasteiger charge is 2.51. The molecule has 1 amide bonds. The van der Waals surface area contributed by atoms with E-state index in [2.05, 4.69) is 12.1 Å². The molecule has 0 radical (unpaired) electrons. The number of esters is 1. The van der Waals surface area contributed by atoms with Gasteiger partial charge in [-0.3, -0.25) is 9.59 Å². The third-order valence-electron chi connectivity index (χ3n) is 6.16. The Morgan fingerprint density at radius 1 is 1.03 bits per heavy atom. The Bertz CT molecular complexity index is 973. The van der Waals surface area contributed by atoms with E-state index in [0.717, 1.165) is 22.3 Å². The monoisotopic (exact) mass is 423 g/mol. The van der Waals surface area contributed by atoms with Gasteiger partial charge in [0, 0.05) is 12.5 Å². The van der Waals surface area contributed by atoms with Crippen LogP contribution >= 0.6 is 0 Å². The van der Waals surface area contributed by atoms with Gasteiger partial charge in [0.1, 0.15) is 6.61 Å². The van der Waals surface area contributed by atoms with Crippen LogP contribution in [0.15, 0.2) is 48.5 Å². The third kappa shape index (κ3) is 3.65. The fourth-order valence-corrected chi connectivity index (χ4v) is 4.59. The highest BCUT2D eigenvalue weighted by atomic mass is 16.6. The number of rotatable bonds is 5. The van der Waals surface area contributed by atoms with Crippen LogP contribution in [0, 0.1) is 5.41 Å². The maximum absolute atomic E-state index is 12.8. The Labute approximate surface area is 180 Å². The quantitative estimate of drug-likeness (QED) is 0.583. The fraction of sp³-hybridized carbons (Fsp3) is 0.375. The molecule has 2 aromatic carbocycles. The molecule has 2 aliphatic rings. The van der Waals surface area contributed by atoms with E-state index in [1.165, 1.54) is 4.90 Å². The maximum Gasteiger partial charge on any atom is 0.409 e. The molecule has 162 valence electrons. The number of carbonyl (C=O) groups excluding carboxylic acids is 2. The van der Waals surface area contributed by atoms with Crippen LogP contribution in [0.5, 0.6) is 0 Å². The van der Waals surface area contributed by atoms with Gasteiger partial charge in [0.15, 0.2) is 5.41 Å². The minimum Gasteiger partial charge on any atom is -0.480 e. The van der Waals surface area contributed by atoms with Gasteiger partial charge in [-0.1, -0.05) is 48.5 Å². The van der Waals surface area contributed by atoms with Crippen molar-refractivity contribution in [2.24, 2.45) is 5.41 Å². The van der Waals surface area contributed by atoms with Gasteiger partial charge in [-0.25, -0.2) is 4.79 Å². The molecule has 7 heteroatoms. The predicted molar refractivity (Wildman–Crippen MR) is 113 cm³/mol. The number of aliphatic carboxylic acids is 1. The van der Waals surface area contributed by atoms with Gasteiger partial charge in [0.25, 0.3) is 0 Å². The van der Waals surface area contributed by atoms with Gasteiger partial charge >= 0.3 is 18.0 Å². The molecule has 4 rings (SSSR count). The first-order valence-electron chi connectivity index (χ1n) is 10.5. The molecule has 0 saturated carbocycles. The van der Waals surface area contributed by atoms with E-state index in [1.54, 1.807) is 6.92 Å². The lowest BCUT2D eigenvalue weighted by Crippen LogP contribution is -2.54. The lowest BCUT2D eigenvalue weighted by Gasteiger charge is -2.37. The van der Waals surface area contributed by atoms with Gasteiger partial charge in [0.2, 0.25) is 0 Å². The number of amides is 1. The summed E-state index contributed by atoms with van der Waals surface area (Å²) in [6, 6.07) is 16.1. The van der Waals surface area contributed by atoms with Crippen LogP contribution in [0.25, 0.3) is 11.1 Å². The van der Waals surface area contributed by atoms with Gasteiger partial charge in [-0.15, -0.1) is 0 Å². The van der Waals surface area contributed by atoms with Crippen LogP contribution in [0.1, 0.15) is 36.8 Å². The van der Waals surface area contributed by atoms with Crippen LogP contribution < -0.4 is 0 Å². The molecule has 0 aromatic heterocycles. The average molecular weight is 423 g/mol. The Kier molecular flexibility index (Phi) is 5.67. The molecule has 1 unspecified atom stereocenters. The summed E-state index contributed by atoms with van der Waals surface area (Å²) in [4.78, 5) is 38.4. The number of carbonyl (C=O) groups is 3. The first-order chi connectivity index (χ1) is 15.0. The summed E-state index contributed by atoms with van der Waals surface area (Å²) < 4.78 is 10.6. The Balaban J connectivity index is 1.49. The van der Waals surface area contributed by atoms with E-state index in [0.29, 0.717) is 13.0 Å². The second-order valence-corrected chi connectivity index (χ2v) is 7.94. The molecule has 1 saturated heterocycles. The molecular weight excluding hydrogens is 398 g/mol. The molecule has 1 atom stereocenters. The molecule has 0 spiro atoms. The van der Waals surface area contributed by atoms with Gasteiger partial charge in [-0.05, 0) is 42.0 Å². The number of fused-ring (bicyclic) bond motifs is 3. The van der Waals surface area contributed by atoms with Crippen molar-refractivity contribution >= 4 is 18.0 Å². The zero-order valence-corrected chi connectivity index (χ0v) is 17.4. The molecule has 1 heterocycles. The van der Waals surface area contributed by atoms with Gasteiger partial charge in [0.05, 0.1) is 13.2 Å². The second kappa shape index (κ2) is 8.41. The Morgan fingerprint density at radius 3 is 2.23 bits per heavy atom. The van der Waals surface area contributed by atoms with Crippen molar-refractivity contribution in [2.45, 2.75) is 25.7 Å². The zero-order chi connectivity index (χ0) is 22.0. The number of nitrogens with zero attached hydrogens (tertiary/aromatic N) is 1. The summed E-state index contributed by atoms with van der Waals surface area (Å²) in [5.41, 5.74) is 2.71. The molecule has 7 nitrogen and oxygen atoms in total. The normalized spacial score (nSPS) is 20.0. The number of ether oxygens (including phenoxy) is 2. The van der Waals surface area contributed by atoms with Crippen molar-refractivity contribution in [3.8, 4) is 11.1 Å².